The van der Waals surface area contributed by atoms with Gasteiger partial charge in [0.2, 0.25) is 0 Å². The van der Waals surface area contributed by atoms with Crippen molar-refractivity contribution < 1.29 is 13.9 Å². The second kappa shape index (κ2) is 9.45. The quantitative estimate of drug-likeness (QED) is 0.381. The van der Waals surface area contributed by atoms with E-state index in [1.165, 1.54) is 19.2 Å². The third-order valence-electron chi connectivity index (χ3n) is 4.56. The van der Waals surface area contributed by atoms with Crippen molar-refractivity contribution in [3.05, 3.63) is 95.4 Å². The molecule has 4 rings (SSSR count). The van der Waals surface area contributed by atoms with Crippen molar-refractivity contribution in [2.45, 2.75) is 0 Å². The Morgan fingerprint density at radius 2 is 1.84 bits per heavy atom. The largest absolute Gasteiger partial charge is 0.495 e. The first-order valence-corrected chi connectivity index (χ1v) is 10.0. The highest BCUT2D eigenvalue weighted by Gasteiger charge is 2.11. The third-order valence-corrected chi connectivity index (χ3v) is 4.80. The maximum absolute atomic E-state index is 13.2. The molecule has 0 atom stereocenters. The van der Waals surface area contributed by atoms with E-state index in [1.54, 1.807) is 60.8 Å². The minimum Gasteiger partial charge on any atom is -0.495 e. The summed E-state index contributed by atoms with van der Waals surface area (Å²) >= 11 is 6.04. The van der Waals surface area contributed by atoms with Gasteiger partial charge in [0, 0.05) is 28.0 Å². The second-order valence-corrected chi connectivity index (χ2v) is 7.21. The molecule has 1 heterocycles. The van der Waals surface area contributed by atoms with Crippen molar-refractivity contribution in [2.24, 2.45) is 0 Å². The number of methoxy groups -OCH3 is 1. The van der Waals surface area contributed by atoms with E-state index in [1.807, 2.05) is 6.07 Å². The highest BCUT2D eigenvalue weighted by atomic mass is 35.5. The average Bonchev–Trinajstić information content (AvgIpc) is 2.80. The minimum atomic E-state index is -0.325. The molecular weight excluding hydrogens is 431 g/mol. The van der Waals surface area contributed by atoms with Gasteiger partial charge in [-0.3, -0.25) is 4.79 Å². The van der Waals surface area contributed by atoms with Crippen LogP contribution in [-0.4, -0.2) is 23.0 Å². The molecule has 0 fully saturated rings. The van der Waals surface area contributed by atoms with Crippen molar-refractivity contribution in [1.82, 2.24) is 9.97 Å². The van der Waals surface area contributed by atoms with Gasteiger partial charge in [0.1, 0.15) is 17.4 Å². The van der Waals surface area contributed by atoms with Gasteiger partial charge in [0.15, 0.2) is 5.82 Å². The first-order valence-electron chi connectivity index (χ1n) is 9.63. The maximum atomic E-state index is 13.2. The van der Waals surface area contributed by atoms with Crippen LogP contribution in [0.3, 0.4) is 0 Å². The van der Waals surface area contributed by atoms with Gasteiger partial charge in [-0.25, -0.2) is 14.4 Å². The van der Waals surface area contributed by atoms with Crippen LogP contribution in [0.4, 0.5) is 21.6 Å². The topological polar surface area (TPSA) is 76.1 Å². The Hall–Kier alpha value is -3.97. The molecule has 1 amide bonds. The molecule has 0 spiro atoms. The number of hydrogen-bond donors (Lipinski definition) is 2. The van der Waals surface area contributed by atoms with Crippen LogP contribution in [0, 0.1) is 5.82 Å². The van der Waals surface area contributed by atoms with E-state index in [0.29, 0.717) is 44.9 Å². The number of aromatic nitrogens is 2. The summed E-state index contributed by atoms with van der Waals surface area (Å²) in [5, 5.41) is 6.46. The highest BCUT2D eigenvalue weighted by molar-refractivity contribution is 6.31. The molecule has 2 N–H and O–H groups in total. The zero-order chi connectivity index (χ0) is 22.5. The van der Waals surface area contributed by atoms with Gasteiger partial charge in [-0.15, -0.1) is 0 Å². The normalized spacial score (nSPS) is 10.5. The molecule has 3 aromatic carbocycles. The number of carbonyl (C=O) groups excluding carboxylic acids is 1. The number of nitrogens with zero attached hydrogens (tertiary/aromatic N) is 2. The van der Waals surface area contributed by atoms with Crippen LogP contribution in [0.15, 0.2) is 79.0 Å². The number of anilines is 3. The lowest BCUT2D eigenvalue weighted by molar-refractivity contribution is 0.102. The lowest BCUT2D eigenvalue weighted by Crippen LogP contribution is -2.13. The lowest BCUT2D eigenvalue weighted by Gasteiger charge is -2.12. The fourth-order valence-electron chi connectivity index (χ4n) is 3.02. The zero-order valence-electron chi connectivity index (χ0n) is 17.0. The molecule has 0 saturated carbocycles. The number of hydrogen-bond acceptors (Lipinski definition) is 5. The van der Waals surface area contributed by atoms with Gasteiger partial charge in [0.25, 0.3) is 5.91 Å². The van der Waals surface area contributed by atoms with E-state index in [0.717, 1.165) is 0 Å². The van der Waals surface area contributed by atoms with Gasteiger partial charge < -0.3 is 15.4 Å². The molecule has 4 aromatic rings. The van der Waals surface area contributed by atoms with E-state index in [2.05, 4.69) is 20.6 Å². The predicted molar refractivity (Wildman–Crippen MR) is 123 cm³/mol. The van der Waals surface area contributed by atoms with Gasteiger partial charge >= 0.3 is 0 Å². The van der Waals surface area contributed by atoms with Crippen LogP contribution in [0.2, 0.25) is 5.02 Å². The maximum Gasteiger partial charge on any atom is 0.255 e. The van der Waals surface area contributed by atoms with Crippen LogP contribution >= 0.6 is 11.6 Å². The van der Waals surface area contributed by atoms with Gasteiger partial charge in [-0.1, -0.05) is 17.7 Å². The molecule has 160 valence electrons. The smallest absolute Gasteiger partial charge is 0.255 e. The number of benzene rings is 3. The van der Waals surface area contributed by atoms with Crippen molar-refractivity contribution in [2.75, 3.05) is 17.7 Å². The Morgan fingerprint density at radius 1 is 1.03 bits per heavy atom. The molecule has 0 aliphatic rings. The first kappa shape index (κ1) is 21.3. The molecule has 0 aliphatic heterocycles. The van der Waals surface area contributed by atoms with E-state index in [9.17, 15) is 9.18 Å². The van der Waals surface area contributed by atoms with Crippen LogP contribution in [0.1, 0.15) is 10.4 Å². The van der Waals surface area contributed by atoms with Crippen LogP contribution in [0.5, 0.6) is 5.75 Å². The molecule has 0 radical (unpaired) electrons. The molecule has 8 heteroatoms. The van der Waals surface area contributed by atoms with Gasteiger partial charge in [-0.05, 0) is 66.7 Å². The molecule has 0 bridgehead atoms. The predicted octanol–water partition coefficient (Wildman–Crippen LogP) is 5.94. The lowest BCUT2D eigenvalue weighted by atomic mass is 10.1. The Morgan fingerprint density at radius 3 is 2.62 bits per heavy atom. The number of nitrogens with one attached hydrogen (secondary N) is 2. The Labute approximate surface area is 189 Å². The monoisotopic (exact) mass is 448 g/mol. The summed E-state index contributed by atoms with van der Waals surface area (Å²) in [7, 11) is 1.52. The van der Waals surface area contributed by atoms with E-state index in [4.69, 9.17) is 16.3 Å². The SMILES string of the molecule is COc1ccc(Cl)cc1NC(=O)c1cccc(Nc2ccnc(-c3ccc(F)cc3)n2)c1. The summed E-state index contributed by atoms with van der Waals surface area (Å²) in [6.45, 7) is 0. The summed E-state index contributed by atoms with van der Waals surface area (Å²) in [6.07, 6.45) is 1.61. The Bertz CT molecular complexity index is 1270. The summed E-state index contributed by atoms with van der Waals surface area (Å²) in [4.78, 5) is 21.5. The minimum absolute atomic E-state index is 0.316. The van der Waals surface area contributed by atoms with Gasteiger partial charge in [0.05, 0.1) is 12.8 Å². The fraction of sp³-hybridized carbons (Fsp3) is 0.0417. The number of carbonyl (C=O) groups is 1. The number of ether oxygens (including phenoxy) is 1. The Balaban J connectivity index is 1.52. The fourth-order valence-corrected chi connectivity index (χ4v) is 3.20. The number of halogens is 2. The molecule has 0 saturated heterocycles. The summed E-state index contributed by atoms with van der Waals surface area (Å²) in [6, 6.07) is 19.6. The first-order chi connectivity index (χ1) is 15.5. The van der Waals surface area contributed by atoms with Crippen LogP contribution in [0.25, 0.3) is 11.4 Å². The van der Waals surface area contributed by atoms with Crippen molar-refractivity contribution in [3.8, 4) is 17.1 Å². The standard InChI is InChI=1S/C24H18ClFN4O2/c1-32-21-10-7-17(25)14-20(21)29-24(31)16-3-2-4-19(13-16)28-22-11-12-27-23(30-22)15-5-8-18(26)9-6-15/h2-14H,1H3,(H,29,31)(H,27,28,30). The molecular formula is C24H18ClFN4O2. The van der Waals surface area contributed by atoms with E-state index < -0.39 is 0 Å². The zero-order valence-corrected chi connectivity index (χ0v) is 17.7. The van der Waals surface area contributed by atoms with Crippen LogP contribution < -0.4 is 15.4 Å². The average molecular weight is 449 g/mol. The van der Waals surface area contributed by atoms with Crippen molar-refractivity contribution in [3.63, 3.8) is 0 Å². The van der Waals surface area contributed by atoms with Crippen molar-refractivity contribution in [1.29, 1.82) is 0 Å². The molecule has 0 unspecified atom stereocenters. The summed E-state index contributed by atoms with van der Waals surface area (Å²) < 4.78 is 18.4. The summed E-state index contributed by atoms with van der Waals surface area (Å²) in [5.74, 6) is 0.856. The summed E-state index contributed by atoms with van der Waals surface area (Å²) in [5.41, 5.74) is 2.27. The number of amides is 1. The highest BCUT2D eigenvalue weighted by Crippen LogP contribution is 2.28. The molecule has 6 nitrogen and oxygen atoms in total. The van der Waals surface area contributed by atoms with E-state index >= 15 is 0 Å². The number of rotatable bonds is 6. The molecule has 32 heavy (non-hydrogen) atoms. The third kappa shape index (κ3) is 5.01. The van der Waals surface area contributed by atoms with Crippen LogP contribution in [-0.2, 0) is 0 Å². The second-order valence-electron chi connectivity index (χ2n) is 6.78. The van der Waals surface area contributed by atoms with Crippen molar-refractivity contribution >= 4 is 34.7 Å². The van der Waals surface area contributed by atoms with Gasteiger partial charge in [-0.2, -0.15) is 0 Å². The molecule has 0 aliphatic carbocycles. The van der Waals surface area contributed by atoms with E-state index in [-0.39, 0.29) is 11.7 Å². The molecule has 1 aromatic heterocycles. The Kier molecular flexibility index (Phi) is 6.28.